The van der Waals surface area contributed by atoms with Gasteiger partial charge in [0.2, 0.25) is 0 Å². The average Bonchev–Trinajstić information content (AvgIpc) is 3.20. The summed E-state index contributed by atoms with van der Waals surface area (Å²) in [6, 6.07) is 10.8. The Labute approximate surface area is 145 Å². The highest BCUT2D eigenvalue weighted by molar-refractivity contribution is 5.74. The second-order valence-corrected chi connectivity index (χ2v) is 5.21. The number of amides is 2. The van der Waals surface area contributed by atoms with Crippen molar-refractivity contribution >= 4 is 6.03 Å². The zero-order valence-corrected chi connectivity index (χ0v) is 13.7. The van der Waals surface area contributed by atoms with Crippen LogP contribution < -0.4 is 15.4 Å². The van der Waals surface area contributed by atoms with Crippen LogP contribution in [0.2, 0.25) is 0 Å². The van der Waals surface area contributed by atoms with Crippen LogP contribution in [0.3, 0.4) is 0 Å². The van der Waals surface area contributed by atoms with Gasteiger partial charge in [0.05, 0.1) is 25.6 Å². The molecule has 7 nitrogen and oxygen atoms in total. The second kappa shape index (κ2) is 7.96. The van der Waals surface area contributed by atoms with Crippen molar-refractivity contribution in [3.05, 3.63) is 66.3 Å². The van der Waals surface area contributed by atoms with Crippen molar-refractivity contribution in [2.24, 2.45) is 0 Å². The van der Waals surface area contributed by atoms with Gasteiger partial charge in [0.15, 0.2) is 5.76 Å². The monoisotopic (exact) mass is 338 g/mol. The van der Waals surface area contributed by atoms with E-state index >= 15 is 0 Å². The number of benzene rings is 1. The van der Waals surface area contributed by atoms with E-state index in [0.29, 0.717) is 23.7 Å². The zero-order chi connectivity index (χ0) is 17.5. The van der Waals surface area contributed by atoms with Crippen molar-refractivity contribution in [1.29, 1.82) is 0 Å². The van der Waals surface area contributed by atoms with Crippen LogP contribution in [-0.2, 0) is 13.1 Å². The summed E-state index contributed by atoms with van der Waals surface area (Å²) in [7, 11) is 1.62. The van der Waals surface area contributed by atoms with E-state index in [2.05, 4.69) is 20.6 Å². The van der Waals surface area contributed by atoms with E-state index in [4.69, 9.17) is 9.15 Å². The fourth-order valence-corrected chi connectivity index (χ4v) is 2.27. The lowest BCUT2D eigenvalue weighted by molar-refractivity contribution is 0.240. The predicted molar refractivity (Wildman–Crippen MR) is 91.8 cm³/mol. The van der Waals surface area contributed by atoms with Gasteiger partial charge in [-0.25, -0.2) is 9.78 Å². The third-order valence-corrected chi connectivity index (χ3v) is 3.56. The van der Waals surface area contributed by atoms with E-state index in [1.807, 2.05) is 24.3 Å². The van der Waals surface area contributed by atoms with E-state index in [0.717, 1.165) is 11.3 Å². The molecule has 0 atom stereocenters. The molecule has 25 heavy (non-hydrogen) atoms. The fourth-order valence-electron chi connectivity index (χ4n) is 2.27. The number of hydrogen-bond acceptors (Lipinski definition) is 5. The summed E-state index contributed by atoms with van der Waals surface area (Å²) >= 11 is 0. The summed E-state index contributed by atoms with van der Waals surface area (Å²) in [5, 5.41) is 5.57. The molecule has 0 unspecified atom stereocenters. The topological polar surface area (TPSA) is 89.3 Å². The van der Waals surface area contributed by atoms with Crippen LogP contribution in [0.25, 0.3) is 11.5 Å². The largest absolute Gasteiger partial charge is 0.497 e. The molecule has 0 aliphatic rings. The molecule has 3 aromatic rings. The van der Waals surface area contributed by atoms with Gasteiger partial charge in [-0.3, -0.25) is 4.98 Å². The Bertz CT molecular complexity index is 817. The van der Waals surface area contributed by atoms with Crippen LogP contribution in [0.15, 0.2) is 59.5 Å². The zero-order valence-electron chi connectivity index (χ0n) is 13.7. The quantitative estimate of drug-likeness (QED) is 0.721. The third kappa shape index (κ3) is 4.35. The van der Waals surface area contributed by atoms with Crippen LogP contribution in [0.5, 0.6) is 5.75 Å². The minimum atomic E-state index is -0.285. The van der Waals surface area contributed by atoms with Gasteiger partial charge >= 0.3 is 6.03 Å². The number of nitrogens with zero attached hydrogens (tertiary/aromatic N) is 2. The van der Waals surface area contributed by atoms with Gasteiger partial charge in [-0.2, -0.15) is 0 Å². The van der Waals surface area contributed by atoms with Gasteiger partial charge in [0, 0.05) is 18.9 Å². The average molecular weight is 338 g/mol. The number of methoxy groups -OCH3 is 1. The Kier molecular flexibility index (Phi) is 5.26. The molecule has 2 N–H and O–H groups in total. The molecule has 7 heteroatoms. The molecular weight excluding hydrogens is 320 g/mol. The smallest absolute Gasteiger partial charge is 0.315 e. The first kappa shape index (κ1) is 16.5. The van der Waals surface area contributed by atoms with Crippen molar-refractivity contribution in [1.82, 2.24) is 20.6 Å². The molecular formula is C18H18N4O3. The van der Waals surface area contributed by atoms with Crippen molar-refractivity contribution in [2.75, 3.05) is 7.11 Å². The van der Waals surface area contributed by atoms with Crippen molar-refractivity contribution in [3.8, 4) is 17.2 Å². The number of furan rings is 1. The molecule has 3 rings (SSSR count). The fraction of sp³-hybridized carbons (Fsp3) is 0.167. The van der Waals surface area contributed by atoms with E-state index < -0.39 is 0 Å². The maximum Gasteiger partial charge on any atom is 0.315 e. The van der Waals surface area contributed by atoms with Crippen LogP contribution >= 0.6 is 0 Å². The third-order valence-electron chi connectivity index (χ3n) is 3.56. The molecule has 0 radical (unpaired) electrons. The highest BCUT2D eigenvalue weighted by Gasteiger charge is 2.11. The molecule has 0 saturated carbocycles. The summed E-state index contributed by atoms with van der Waals surface area (Å²) in [6.07, 6.45) is 4.74. The number of carbonyl (C=O) groups excluding carboxylic acids is 1. The Morgan fingerprint density at radius 1 is 1.08 bits per heavy atom. The summed E-state index contributed by atoms with van der Waals surface area (Å²) in [6.45, 7) is 0.666. The maximum atomic E-state index is 12.0. The molecule has 0 aliphatic heterocycles. The lowest BCUT2D eigenvalue weighted by Crippen LogP contribution is -2.34. The lowest BCUT2D eigenvalue weighted by atomic mass is 10.2. The molecule has 2 aromatic heterocycles. The van der Waals surface area contributed by atoms with Gasteiger partial charge in [-0.15, -0.1) is 0 Å². The number of aromatic nitrogens is 2. The first-order chi connectivity index (χ1) is 12.3. The van der Waals surface area contributed by atoms with Crippen LogP contribution in [-0.4, -0.2) is 23.1 Å². The number of ether oxygens (including phenoxy) is 1. The standard InChI is InChI=1S/C18H18N4O3/c1-24-14-6-4-13(5-7-14)11-21-18(23)22-12-15-17(20-9-8-19-15)16-3-2-10-25-16/h2-10H,11-12H2,1H3,(H2,21,22,23). The highest BCUT2D eigenvalue weighted by atomic mass is 16.5. The summed E-state index contributed by atoms with van der Waals surface area (Å²) in [4.78, 5) is 20.5. The van der Waals surface area contributed by atoms with E-state index in [-0.39, 0.29) is 12.6 Å². The Morgan fingerprint density at radius 3 is 2.56 bits per heavy atom. The van der Waals surface area contributed by atoms with Gasteiger partial charge in [-0.1, -0.05) is 12.1 Å². The number of carbonyl (C=O) groups is 1. The number of rotatable bonds is 6. The summed E-state index contributed by atoms with van der Waals surface area (Å²) in [5.41, 5.74) is 2.23. The molecule has 0 bridgehead atoms. The summed E-state index contributed by atoms with van der Waals surface area (Å²) < 4.78 is 10.5. The molecule has 0 aliphatic carbocycles. The molecule has 128 valence electrons. The van der Waals surface area contributed by atoms with Gasteiger partial charge in [-0.05, 0) is 29.8 Å². The first-order valence-electron chi connectivity index (χ1n) is 7.74. The van der Waals surface area contributed by atoms with Crippen LogP contribution in [0.4, 0.5) is 4.79 Å². The molecule has 0 saturated heterocycles. The SMILES string of the molecule is COc1ccc(CNC(=O)NCc2nccnc2-c2ccco2)cc1. The van der Waals surface area contributed by atoms with Crippen molar-refractivity contribution in [2.45, 2.75) is 13.1 Å². The van der Waals surface area contributed by atoms with E-state index in [1.165, 1.54) is 0 Å². The minimum absolute atomic E-state index is 0.248. The molecule has 2 amide bonds. The van der Waals surface area contributed by atoms with Gasteiger partial charge < -0.3 is 19.8 Å². The van der Waals surface area contributed by atoms with Crippen LogP contribution in [0.1, 0.15) is 11.3 Å². The van der Waals surface area contributed by atoms with E-state index in [9.17, 15) is 4.79 Å². The van der Waals surface area contributed by atoms with Crippen LogP contribution in [0, 0.1) is 0 Å². The van der Waals surface area contributed by atoms with E-state index in [1.54, 1.807) is 37.9 Å². The minimum Gasteiger partial charge on any atom is -0.497 e. The number of hydrogen-bond donors (Lipinski definition) is 2. The normalized spacial score (nSPS) is 10.3. The molecule has 1 aromatic carbocycles. The van der Waals surface area contributed by atoms with Gasteiger partial charge in [0.1, 0.15) is 11.4 Å². The highest BCUT2D eigenvalue weighted by Crippen LogP contribution is 2.19. The molecule has 2 heterocycles. The van der Waals surface area contributed by atoms with Gasteiger partial charge in [0.25, 0.3) is 0 Å². The Hall–Kier alpha value is -3.35. The first-order valence-corrected chi connectivity index (χ1v) is 7.74. The lowest BCUT2D eigenvalue weighted by Gasteiger charge is -2.09. The molecule has 0 fully saturated rings. The second-order valence-electron chi connectivity index (χ2n) is 5.21. The number of nitrogens with one attached hydrogen (secondary N) is 2. The number of urea groups is 1. The summed E-state index contributed by atoms with van der Waals surface area (Å²) in [5.74, 6) is 1.39. The Morgan fingerprint density at radius 2 is 1.84 bits per heavy atom. The molecule has 0 spiro atoms. The van der Waals surface area contributed by atoms with Crippen molar-refractivity contribution < 1.29 is 13.9 Å². The Balaban J connectivity index is 1.54. The predicted octanol–water partition coefficient (Wildman–Crippen LogP) is 2.74. The maximum absolute atomic E-state index is 12.0. The van der Waals surface area contributed by atoms with Crippen molar-refractivity contribution in [3.63, 3.8) is 0 Å².